The predicted octanol–water partition coefficient (Wildman–Crippen LogP) is 4.64. The molecular formula is C19H23F4N3O2S. The lowest BCUT2D eigenvalue weighted by molar-refractivity contribution is -0.0845. The zero-order valence-electron chi connectivity index (χ0n) is 16.6. The summed E-state index contributed by atoms with van der Waals surface area (Å²) < 4.78 is 62.2. The molecule has 2 aliphatic heterocycles. The van der Waals surface area contributed by atoms with Gasteiger partial charge in [-0.25, -0.2) is 4.39 Å². The number of nitriles is 1. The van der Waals surface area contributed by atoms with E-state index in [1.807, 2.05) is 11.0 Å². The molecule has 0 bridgehead atoms. The van der Waals surface area contributed by atoms with E-state index < -0.39 is 29.5 Å². The van der Waals surface area contributed by atoms with Crippen LogP contribution in [0.5, 0.6) is 0 Å². The number of allylic oxidation sites excluding steroid dienone is 6. The molecule has 0 spiro atoms. The van der Waals surface area contributed by atoms with Crippen LogP contribution in [0.1, 0.15) is 20.8 Å². The molecular weight excluding hydrogens is 410 g/mol. The van der Waals surface area contributed by atoms with Crippen molar-refractivity contribution in [3.8, 4) is 6.07 Å². The molecule has 2 atom stereocenters. The van der Waals surface area contributed by atoms with Crippen molar-refractivity contribution in [1.82, 2.24) is 9.80 Å². The highest BCUT2D eigenvalue weighted by molar-refractivity contribution is 7.95. The maximum absolute atomic E-state index is 15.0. The fourth-order valence-electron chi connectivity index (χ4n) is 3.12. The van der Waals surface area contributed by atoms with Crippen LogP contribution in [-0.2, 0) is 8.92 Å². The smallest absolute Gasteiger partial charge is 0.369 e. The van der Waals surface area contributed by atoms with Gasteiger partial charge >= 0.3 is 5.51 Å². The van der Waals surface area contributed by atoms with Gasteiger partial charge in [0.15, 0.2) is 0 Å². The molecule has 0 aromatic rings. The number of halogens is 4. The Kier molecular flexibility index (Phi) is 7.80. The van der Waals surface area contributed by atoms with E-state index in [1.54, 1.807) is 40.0 Å². The van der Waals surface area contributed by atoms with E-state index in [0.29, 0.717) is 12.2 Å². The van der Waals surface area contributed by atoms with Crippen molar-refractivity contribution >= 4 is 12.0 Å². The third-order valence-electron chi connectivity index (χ3n) is 4.17. The summed E-state index contributed by atoms with van der Waals surface area (Å²) in [4.78, 5) is 3.31. The summed E-state index contributed by atoms with van der Waals surface area (Å²) in [7, 11) is 1.60. The Hall–Kier alpha value is -1.96. The van der Waals surface area contributed by atoms with Crippen LogP contribution in [0, 0.1) is 11.3 Å². The first kappa shape index (κ1) is 23.3. The van der Waals surface area contributed by atoms with Gasteiger partial charge in [-0.2, -0.15) is 18.4 Å². The lowest BCUT2D eigenvalue weighted by atomic mass is 10.1. The summed E-state index contributed by atoms with van der Waals surface area (Å²) in [6.07, 6.45) is 3.69. The van der Waals surface area contributed by atoms with Crippen molar-refractivity contribution in [1.29, 1.82) is 5.26 Å². The Balaban J connectivity index is 2.28. The SMILES string of the molecule is CC(C)=C/C(F)=C1/C(N2CC(C)OC(COSC(F)(F)F)C2)=CC=C(C#N)N1C. The molecule has 0 aliphatic carbocycles. The Morgan fingerprint density at radius 1 is 1.38 bits per heavy atom. The average molecular weight is 433 g/mol. The molecule has 2 rings (SSSR count). The highest BCUT2D eigenvalue weighted by Crippen LogP contribution is 2.34. The fraction of sp³-hybridized carbons (Fsp3) is 0.526. The van der Waals surface area contributed by atoms with Crippen molar-refractivity contribution in [2.24, 2.45) is 0 Å². The summed E-state index contributed by atoms with van der Waals surface area (Å²) in [6.45, 7) is 5.69. The number of morpholine rings is 1. The topological polar surface area (TPSA) is 48.7 Å². The van der Waals surface area contributed by atoms with Crippen LogP contribution in [0.25, 0.3) is 0 Å². The molecule has 160 valence electrons. The molecule has 29 heavy (non-hydrogen) atoms. The predicted molar refractivity (Wildman–Crippen MR) is 103 cm³/mol. The molecule has 1 saturated heterocycles. The number of rotatable bonds is 5. The van der Waals surface area contributed by atoms with Crippen molar-refractivity contribution in [3.63, 3.8) is 0 Å². The van der Waals surface area contributed by atoms with Crippen LogP contribution >= 0.6 is 12.0 Å². The fourth-order valence-corrected chi connectivity index (χ4v) is 3.48. The first-order valence-corrected chi connectivity index (χ1v) is 9.64. The van der Waals surface area contributed by atoms with Gasteiger partial charge in [0.1, 0.15) is 35.3 Å². The minimum absolute atomic E-state index is 0.226. The summed E-state index contributed by atoms with van der Waals surface area (Å²) in [5, 5.41) is 9.29. The minimum Gasteiger partial charge on any atom is -0.369 e. The van der Waals surface area contributed by atoms with Crippen molar-refractivity contribution in [3.05, 3.63) is 46.7 Å². The zero-order valence-corrected chi connectivity index (χ0v) is 17.4. The van der Waals surface area contributed by atoms with Crippen LogP contribution in [0.15, 0.2) is 46.7 Å². The number of hydrogen-bond acceptors (Lipinski definition) is 6. The maximum Gasteiger partial charge on any atom is 0.467 e. The second-order valence-corrected chi connectivity index (χ2v) is 7.85. The molecule has 0 aromatic carbocycles. The van der Waals surface area contributed by atoms with Crippen molar-refractivity contribution in [2.75, 3.05) is 26.7 Å². The summed E-state index contributed by atoms with van der Waals surface area (Å²) in [6, 6.07) is 2.02. The van der Waals surface area contributed by atoms with E-state index in [4.69, 9.17) is 4.74 Å². The van der Waals surface area contributed by atoms with Gasteiger partial charge in [-0.3, -0.25) is 0 Å². The maximum atomic E-state index is 15.0. The molecule has 2 unspecified atom stereocenters. The van der Waals surface area contributed by atoms with Gasteiger partial charge < -0.3 is 18.7 Å². The van der Waals surface area contributed by atoms with Gasteiger partial charge in [0.05, 0.1) is 24.5 Å². The van der Waals surface area contributed by atoms with E-state index in [1.165, 1.54) is 11.0 Å². The molecule has 0 amide bonds. The third-order valence-corrected chi connectivity index (χ3v) is 4.61. The van der Waals surface area contributed by atoms with Crippen LogP contribution in [0.3, 0.4) is 0 Å². The highest BCUT2D eigenvalue weighted by Gasteiger charge is 2.34. The lowest BCUT2D eigenvalue weighted by Gasteiger charge is -2.41. The van der Waals surface area contributed by atoms with Gasteiger partial charge in [-0.05, 0) is 39.0 Å². The second-order valence-electron chi connectivity index (χ2n) is 6.98. The van der Waals surface area contributed by atoms with Crippen LogP contribution in [0.4, 0.5) is 17.6 Å². The first-order chi connectivity index (χ1) is 13.5. The summed E-state index contributed by atoms with van der Waals surface area (Å²) in [5.74, 6) is -0.501. The molecule has 0 saturated carbocycles. The van der Waals surface area contributed by atoms with Crippen LogP contribution in [0.2, 0.25) is 0 Å². The van der Waals surface area contributed by atoms with Crippen LogP contribution < -0.4 is 0 Å². The quantitative estimate of drug-likeness (QED) is 0.465. The van der Waals surface area contributed by atoms with Gasteiger partial charge in [0, 0.05) is 20.1 Å². The van der Waals surface area contributed by atoms with Gasteiger partial charge in [0.2, 0.25) is 0 Å². The number of alkyl halides is 3. The number of ether oxygens (including phenoxy) is 1. The summed E-state index contributed by atoms with van der Waals surface area (Å²) in [5.41, 5.74) is -2.70. The van der Waals surface area contributed by atoms with E-state index >= 15 is 4.39 Å². The standard InChI is InChI=1S/C19H23F4N3O2S/c1-12(2)7-16(20)18-17(6-5-14(8-24)25(18)4)26-9-13(3)28-15(10-26)11-27-29-19(21,22)23/h5-7,13,15H,9-11H2,1-4H3/b18-16+. The molecule has 2 heterocycles. The van der Waals surface area contributed by atoms with Gasteiger partial charge in [-0.15, -0.1) is 0 Å². The Labute approximate surface area is 172 Å². The van der Waals surface area contributed by atoms with Crippen molar-refractivity contribution in [2.45, 2.75) is 38.5 Å². The minimum atomic E-state index is -4.49. The van der Waals surface area contributed by atoms with E-state index in [2.05, 4.69) is 4.18 Å². The van der Waals surface area contributed by atoms with Gasteiger partial charge in [0.25, 0.3) is 0 Å². The number of nitrogens with zero attached hydrogens (tertiary/aromatic N) is 3. The second kappa shape index (κ2) is 9.69. The van der Waals surface area contributed by atoms with Crippen molar-refractivity contribution < 1.29 is 26.5 Å². The highest BCUT2D eigenvalue weighted by atomic mass is 32.2. The molecule has 0 radical (unpaired) electrons. The Morgan fingerprint density at radius 3 is 2.66 bits per heavy atom. The third kappa shape index (κ3) is 6.52. The molecule has 10 heteroatoms. The van der Waals surface area contributed by atoms with E-state index in [0.717, 1.165) is 5.57 Å². The normalized spacial score (nSPS) is 24.5. The molecule has 2 aliphatic rings. The first-order valence-electron chi connectivity index (χ1n) is 8.90. The average Bonchev–Trinajstić information content (AvgIpc) is 2.59. The van der Waals surface area contributed by atoms with E-state index in [9.17, 15) is 18.4 Å². The Bertz CT molecular complexity index is 779. The molecule has 0 aromatic heterocycles. The zero-order chi connectivity index (χ0) is 21.8. The summed E-state index contributed by atoms with van der Waals surface area (Å²) >= 11 is -0.563. The van der Waals surface area contributed by atoms with Gasteiger partial charge in [-0.1, -0.05) is 5.57 Å². The largest absolute Gasteiger partial charge is 0.467 e. The molecule has 1 fully saturated rings. The Morgan fingerprint density at radius 2 is 2.07 bits per heavy atom. The molecule has 5 nitrogen and oxygen atoms in total. The van der Waals surface area contributed by atoms with E-state index in [-0.39, 0.29) is 30.6 Å². The monoisotopic (exact) mass is 433 g/mol. The number of likely N-dealkylation sites (N-methyl/N-ethyl adjacent to an activating group) is 1. The molecule has 0 N–H and O–H groups in total. The van der Waals surface area contributed by atoms with Crippen LogP contribution in [-0.4, -0.2) is 54.3 Å². The number of hydrogen-bond donors (Lipinski definition) is 0. The lowest BCUT2D eigenvalue weighted by Crippen LogP contribution is -2.48.